The largest absolute Gasteiger partial charge is 0.381 e. The van der Waals surface area contributed by atoms with Crippen molar-refractivity contribution in [2.24, 2.45) is 11.8 Å². The summed E-state index contributed by atoms with van der Waals surface area (Å²) in [5.74, 6) is 1.46. The van der Waals surface area contributed by atoms with Crippen LogP contribution in [0.3, 0.4) is 0 Å². The molecule has 3 fully saturated rings. The van der Waals surface area contributed by atoms with Crippen molar-refractivity contribution in [2.75, 3.05) is 43.1 Å². The Morgan fingerprint density at radius 2 is 1.77 bits per heavy atom. The first-order valence-corrected chi connectivity index (χ1v) is 10.7. The maximum absolute atomic E-state index is 6.39. The van der Waals surface area contributed by atoms with E-state index in [1.807, 2.05) is 0 Å². The Morgan fingerprint density at radius 1 is 0.923 bits per heavy atom. The van der Waals surface area contributed by atoms with Crippen molar-refractivity contribution < 1.29 is 9.47 Å². The van der Waals surface area contributed by atoms with Gasteiger partial charge in [0.2, 0.25) is 0 Å². The molecule has 1 aromatic rings. The minimum absolute atomic E-state index is 0.285. The minimum atomic E-state index is 0.285. The molecule has 0 aromatic heterocycles. The molecule has 4 aliphatic rings. The number of benzene rings is 1. The molecular weight excluding hydrogens is 324 g/mol. The van der Waals surface area contributed by atoms with Crippen LogP contribution in [0, 0.1) is 11.8 Å². The van der Waals surface area contributed by atoms with E-state index in [-0.39, 0.29) is 6.10 Å². The van der Waals surface area contributed by atoms with Gasteiger partial charge in [-0.1, -0.05) is 19.3 Å². The fraction of sp³-hybridized carbons (Fsp3) is 0.727. The maximum atomic E-state index is 6.39. The van der Waals surface area contributed by atoms with E-state index in [9.17, 15) is 0 Å². The van der Waals surface area contributed by atoms with Crippen LogP contribution in [-0.4, -0.2) is 39.0 Å². The van der Waals surface area contributed by atoms with Gasteiger partial charge in [0, 0.05) is 48.6 Å². The van der Waals surface area contributed by atoms with E-state index < -0.39 is 0 Å². The molecule has 0 bridgehead atoms. The van der Waals surface area contributed by atoms with Gasteiger partial charge in [0.15, 0.2) is 0 Å². The normalized spacial score (nSPS) is 32.5. The highest BCUT2D eigenvalue weighted by Gasteiger charge is 2.42. The number of hydrogen-bond donors (Lipinski definition) is 1. The molecule has 3 aliphatic heterocycles. The van der Waals surface area contributed by atoms with Crippen molar-refractivity contribution in [1.82, 2.24) is 0 Å². The van der Waals surface area contributed by atoms with Gasteiger partial charge >= 0.3 is 0 Å². The zero-order valence-corrected chi connectivity index (χ0v) is 15.8. The van der Waals surface area contributed by atoms with Crippen LogP contribution in [0.1, 0.15) is 56.6 Å². The summed E-state index contributed by atoms with van der Waals surface area (Å²) in [6.07, 6.45) is 9.82. The Bertz CT molecular complexity index is 623. The van der Waals surface area contributed by atoms with Gasteiger partial charge in [0.05, 0.1) is 19.3 Å². The lowest BCUT2D eigenvalue weighted by Crippen LogP contribution is -2.46. The van der Waals surface area contributed by atoms with Gasteiger partial charge in [0.25, 0.3) is 0 Å². The van der Waals surface area contributed by atoms with Gasteiger partial charge in [0.1, 0.15) is 0 Å². The molecule has 0 unspecified atom stereocenters. The van der Waals surface area contributed by atoms with E-state index >= 15 is 0 Å². The number of morpholine rings is 1. The Kier molecular flexibility index (Phi) is 4.80. The Balaban J connectivity index is 1.45. The van der Waals surface area contributed by atoms with Crippen LogP contribution in [0.15, 0.2) is 18.2 Å². The second kappa shape index (κ2) is 7.40. The van der Waals surface area contributed by atoms with E-state index in [0.717, 1.165) is 38.8 Å². The quantitative estimate of drug-likeness (QED) is 0.853. The lowest BCUT2D eigenvalue weighted by molar-refractivity contribution is -0.0457. The minimum Gasteiger partial charge on any atom is -0.381 e. The molecule has 0 radical (unpaired) electrons. The average Bonchev–Trinajstić information content (AvgIpc) is 2.74. The molecular formula is C22H32N2O2. The molecule has 0 amide bonds. The summed E-state index contributed by atoms with van der Waals surface area (Å²) >= 11 is 0. The number of rotatable bonds is 2. The highest BCUT2D eigenvalue weighted by Crippen LogP contribution is 2.48. The SMILES string of the molecule is c1cc2c(cc1N1CCOCC1)[C@H]1OCCC[C@H]1[C@@H](C1CCCCC1)N2. The van der Waals surface area contributed by atoms with Crippen molar-refractivity contribution in [3.63, 3.8) is 0 Å². The first-order chi connectivity index (χ1) is 12.9. The molecule has 2 saturated heterocycles. The third-order valence-electron chi connectivity index (χ3n) is 7.03. The summed E-state index contributed by atoms with van der Waals surface area (Å²) in [5.41, 5.74) is 4.05. The van der Waals surface area contributed by atoms with Crippen LogP contribution in [0.25, 0.3) is 0 Å². The van der Waals surface area contributed by atoms with Gasteiger partial charge in [-0.25, -0.2) is 0 Å². The van der Waals surface area contributed by atoms with Crippen molar-refractivity contribution in [3.8, 4) is 0 Å². The highest BCUT2D eigenvalue weighted by atomic mass is 16.5. The van der Waals surface area contributed by atoms with E-state index in [0.29, 0.717) is 12.0 Å². The molecule has 3 heterocycles. The number of nitrogens with zero attached hydrogens (tertiary/aromatic N) is 1. The molecule has 142 valence electrons. The van der Waals surface area contributed by atoms with Crippen molar-refractivity contribution in [3.05, 3.63) is 23.8 Å². The molecule has 1 N–H and O–H groups in total. The number of ether oxygens (including phenoxy) is 2. The molecule has 4 heteroatoms. The molecule has 5 rings (SSSR count). The number of anilines is 2. The summed E-state index contributed by atoms with van der Waals surface area (Å²) in [6, 6.07) is 7.60. The van der Waals surface area contributed by atoms with Crippen molar-refractivity contribution in [1.29, 1.82) is 0 Å². The molecule has 1 aliphatic carbocycles. The van der Waals surface area contributed by atoms with E-state index in [1.165, 1.54) is 61.9 Å². The Hall–Kier alpha value is -1.26. The third-order valence-corrected chi connectivity index (χ3v) is 7.03. The summed E-state index contributed by atoms with van der Waals surface area (Å²) in [6.45, 7) is 4.57. The smallest absolute Gasteiger partial charge is 0.0893 e. The van der Waals surface area contributed by atoms with Crippen LogP contribution >= 0.6 is 0 Å². The summed E-state index contributed by atoms with van der Waals surface area (Å²) in [4.78, 5) is 2.45. The van der Waals surface area contributed by atoms with E-state index in [2.05, 4.69) is 28.4 Å². The van der Waals surface area contributed by atoms with Gasteiger partial charge in [-0.3, -0.25) is 0 Å². The number of nitrogens with one attached hydrogen (secondary N) is 1. The number of fused-ring (bicyclic) bond motifs is 3. The lowest BCUT2D eigenvalue weighted by Gasteiger charge is -2.47. The van der Waals surface area contributed by atoms with Crippen molar-refractivity contribution in [2.45, 2.75) is 57.1 Å². The molecule has 3 atom stereocenters. The summed E-state index contributed by atoms with van der Waals surface area (Å²) in [7, 11) is 0. The zero-order chi connectivity index (χ0) is 17.3. The standard InChI is InChI=1S/C22H32N2O2/c1-2-5-16(6-3-1)21-18-7-4-12-26-22(18)19-15-17(8-9-20(19)23-21)24-10-13-25-14-11-24/h8-9,15-16,18,21-23H,1-7,10-14H2/t18-,21+,22-/m0/s1. The summed E-state index contributed by atoms with van der Waals surface area (Å²) < 4.78 is 11.9. The van der Waals surface area contributed by atoms with Gasteiger partial charge in [-0.15, -0.1) is 0 Å². The molecule has 4 nitrogen and oxygen atoms in total. The molecule has 1 aromatic carbocycles. The van der Waals surface area contributed by atoms with Gasteiger partial charge in [-0.2, -0.15) is 0 Å². The maximum Gasteiger partial charge on any atom is 0.0893 e. The van der Waals surface area contributed by atoms with Crippen LogP contribution < -0.4 is 10.2 Å². The second-order valence-corrected chi connectivity index (χ2v) is 8.54. The third kappa shape index (κ3) is 3.11. The predicted molar refractivity (Wildman–Crippen MR) is 105 cm³/mol. The van der Waals surface area contributed by atoms with Crippen LogP contribution in [0.2, 0.25) is 0 Å². The fourth-order valence-corrected chi connectivity index (χ4v) is 5.68. The first-order valence-electron chi connectivity index (χ1n) is 10.7. The molecule has 1 saturated carbocycles. The van der Waals surface area contributed by atoms with E-state index in [4.69, 9.17) is 9.47 Å². The second-order valence-electron chi connectivity index (χ2n) is 8.54. The number of hydrogen-bond acceptors (Lipinski definition) is 4. The zero-order valence-electron chi connectivity index (χ0n) is 15.8. The molecule has 26 heavy (non-hydrogen) atoms. The van der Waals surface area contributed by atoms with Crippen LogP contribution in [-0.2, 0) is 9.47 Å². The first kappa shape index (κ1) is 16.9. The van der Waals surface area contributed by atoms with Gasteiger partial charge < -0.3 is 19.7 Å². The van der Waals surface area contributed by atoms with Crippen LogP contribution in [0.4, 0.5) is 11.4 Å². The van der Waals surface area contributed by atoms with E-state index in [1.54, 1.807) is 0 Å². The lowest BCUT2D eigenvalue weighted by atomic mass is 9.71. The Labute approximate surface area is 157 Å². The van der Waals surface area contributed by atoms with Gasteiger partial charge in [-0.05, 0) is 49.8 Å². The highest BCUT2D eigenvalue weighted by molar-refractivity contribution is 5.64. The topological polar surface area (TPSA) is 33.7 Å². The molecule has 0 spiro atoms. The van der Waals surface area contributed by atoms with Crippen molar-refractivity contribution >= 4 is 11.4 Å². The predicted octanol–water partition coefficient (Wildman–Crippen LogP) is 4.37. The Morgan fingerprint density at radius 3 is 2.62 bits per heavy atom. The monoisotopic (exact) mass is 356 g/mol. The van der Waals surface area contributed by atoms with Crippen LogP contribution in [0.5, 0.6) is 0 Å². The summed E-state index contributed by atoms with van der Waals surface area (Å²) in [5, 5.41) is 3.97. The average molecular weight is 357 g/mol. The fourth-order valence-electron chi connectivity index (χ4n) is 5.68.